The van der Waals surface area contributed by atoms with Crippen LogP contribution in [0.5, 0.6) is 0 Å². The van der Waals surface area contributed by atoms with Gasteiger partial charge in [0.25, 0.3) is 0 Å². The molecular weight excluding hydrogens is 333 g/mol. The second kappa shape index (κ2) is 6.82. The minimum absolute atomic E-state index is 0. The van der Waals surface area contributed by atoms with Crippen molar-refractivity contribution in [2.75, 3.05) is 10.6 Å². The summed E-state index contributed by atoms with van der Waals surface area (Å²) < 4.78 is 13.7. The Kier molecular flexibility index (Phi) is 4.36. The number of aromatic nitrogens is 2. The first-order valence-corrected chi connectivity index (χ1v) is 8.89. The van der Waals surface area contributed by atoms with Crippen LogP contribution in [0.4, 0.5) is 15.9 Å². The van der Waals surface area contributed by atoms with E-state index in [2.05, 4.69) is 20.6 Å². The van der Waals surface area contributed by atoms with Crippen LogP contribution in [0, 0.1) is 11.2 Å². The third-order valence-electron chi connectivity index (χ3n) is 5.12. The number of hydrogen-bond donors (Lipinski definition) is 3. The van der Waals surface area contributed by atoms with Crippen LogP contribution >= 0.6 is 0 Å². The normalized spacial score (nSPS) is 19.7. The molecule has 2 heterocycles. The van der Waals surface area contributed by atoms with E-state index in [-0.39, 0.29) is 7.33 Å². The highest BCUT2D eigenvalue weighted by molar-refractivity contribution is 6.06. The number of amides is 1. The summed E-state index contributed by atoms with van der Waals surface area (Å²) in [7, 11) is 0. The lowest BCUT2D eigenvalue weighted by molar-refractivity contribution is -0.116. The number of rotatable bonds is 4. The van der Waals surface area contributed by atoms with Crippen molar-refractivity contribution in [2.24, 2.45) is 0 Å². The van der Waals surface area contributed by atoms with Gasteiger partial charge in [0, 0.05) is 19.4 Å². The number of carbonyl (C=O) groups excluding carboxylic acids is 1. The molecule has 1 aliphatic carbocycles. The van der Waals surface area contributed by atoms with Crippen molar-refractivity contribution in [1.29, 1.82) is 5.41 Å². The molecule has 1 saturated carbocycles. The number of hydrogen-bond acceptors (Lipinski definition) is 5. The first-order valence-electron chi connectivity index (χ1n) is 8.89. The molecule has 0 radical (unpaired) electrons. The molecule has 136 valence electrons. The van der Waals surface area contributed by atoms with Crippen LogP contribution in [-0.4, -0.2) is 28.1 Å². The zero-order valence-electron chi connectivity index (χ0n) is 14.3. The lowest BCUT2D eigenvalue weighted by Gasteiger charge is -2.24. The van der Waals surface area contributed by atoms with Gasteiger partial charge in [-0.1, -0.05) is 19.3 Å². The molecule has 1 aromatic carbocycles. The van der Waals surface area contributed by atoms with Crippen LogP contribution in [-0.2, 0) is 4.79 Å². The molecule has 1 atom stereocenters. The van der Waals surface area contributed by atoms with E-state index in [1.54, 1.807) is 6.07 Å². The fourth-order valence-corrected chi connectivity index (χ4v) is 3.84. The molecule has 1 amide bonds. The summed E-state index contributed by atoms with van der Waals surface area (Å²) in [6.45, 7) is 0. The number of benzene rings is 1. The number of fused-ring (bicyclic) bond motifs is 1. The SMILES string of the molecule is N=Cc1c(NC2CCCCC2)ncnc1C1C(=O)Nc2ccc(F)cc21.[HH]. The van der Waals surface area contributed by atoms with Gasteiger partial charge in [0.15, 0.2) is 0 Å². The van der Waals surface area contributed by atoms with Crippen LogP contribution in [0.15, 0.2) is 24.5 Å². The molecule has 26 heavy (non-hydrogen) atoms. The molecule has 0 bridgehead atoms. The quantitative estimate of drug-likeness (QED) is 0.730. The van der Waals surface area contributed by atoms with E-state index in [9.17, 15) is 9.18 Å². The lowest BCUT2D eigenvalue weighted by atomic mass is 9.93. The fraction of sp³-hybridized carbons (Fsp3) is 0.368. The zero-order valence-corrected chi connectivity index (χ0v) is 14.3. The summed E-state index contributed by atoms with van der Waals surface area (Å²) in [6.07, 6.45) is 8.29. The first kappa shape index (κ1) is 16.6. The Balaban J connectivity index is 0.00000210. The predicted octanol–water partition coefficient (Wildman–Crippen LogP) is 3.69. The van der Waals surface area contributed by atoms with Crippen molar-refractivity contribution in [1.82, 2.24) is 9.97 Å². The number of anilines is 2. The molecule has 0 spiro atoms. The van der Waals surface area contributed by atoms with E-state index < -0.39 is 11.7 Å². The minimum Gasteiger partial charge on any atom is -0.367 e. The maximum atomic E-state index is 13.7. The van der Waals surface area contributed by atoms with Crippen LogP contribution in [0.1, 0.15) is 56.3 Å². The van der Waals surface area contributed by atoms with Crippen LogP contribution in [0.25, 0.3) is 0 Å². The molecule has 1 fully saturated rings. The smallest absolute Gasteiger partial charge is 0.238 e. The average molecular weight is 355 g/mol. The molecule has 1 aromatic heterocycles. The predicted molar refractivity (Wildman–Crippen MR) is 99.4 cm³/mol. The van der Waals surface area contributed by atoms with Crippen molar-refractivity contribution < 1.29 is 10.6 Å². The molecular formula is C19H22FN5O. The van der Waals surface area contributed by atoms with Gasteiger partial charge < -0.3 is 16.0 Å². The van der Waals surface area contributed by atoms with Gasteiger partial charge in [0.05, 0.1) is 11.3 Å². The van der Waals surface area contributed by atoms with Gasteiger partial charge in [-0.05, 0) is 36.6 Å². The summed E-state index contributed by atoms with van der Waals surface area (Å²) in [4.78, 5) is 21.1. The largest absolute Gasteiger partial charge is 0.367 e. The van der Waals surface area contributed by atoms with E-state index in [0.29, 0.717) is 34.4 Å². The monoisotopic (exact) mass is 355 g/mol. The second-order valence-corrected chi connectivity index (χ2v) is 6.80. The van der Waals surface area contributed by atoms with E-state index >= 15 is 0 Å². The van der Waals surface area contributed by atoms with E-state index in [1.165, 1.54) is 43.9 Å². The molecule has 1 unspecified atom stereocenters. The maximum Gasteiger partial charge on any atom is 0.238 e. The summed E-state index contributed by atoms with van der Waals surface area (Å²) in [5.41, 5.74) is 2.03. The zero-order chi connectivity index (χ0) is 18.1. The Labute approximate surface area is 152 Å². The van der Waals surface area contributed by atoms with Gasteiger partial charge >= 0.3 is 0 Å². The summed E-state index contributed by atoms with van der Waals surface area (Å²) in [5, 5.41) is 14.0. The molecule has 2 aliphatic rings. The molecule has 7 heteroatoms. The highest BCUT2D eigenvalue weighted by Gasteiger charge is 2.35. The molecule has 4 rings (SSSR count). The van der Waals surface area contributed by atoms with Crippen molar-refractivity contribution in [3.8, 4) is 0 Å². The topological polar surface area (TPSA) is 90.8 Å². The van der Waals surface area contributed by atoms with E-state index in [4.69, 9.17) is 5.41 Å². The third-order valence-corrected chi connectivity index (χ3v) is 5.12. The van der Waals surface area contributed by atoms with E-state index in [1.807, 2.05) is 0 Å². The summed E-state index contributed by atoms with van der Waals surface area (Å²) >= 11 is 0. The Bertz CT molecular complexity index is 869. The van der Waals surface area contributed by atoms with Gasteiger partial charge in [0.2, 0.25) is 5.91 Å². The van der Waals surface area contributed by atoms with Gasteiger partial charge in [-0.2, -0.15) is 0 Å². The van der Waals surface area contributed by atoms with Crippen LogP contribution < -0.4 is 10.6 Å². The van der Waals surface area contributed by atoms with E-state index in [0.717, 1.165) is 12.8 Å². The third kappa shape index (κ3) is 2.94. The Morgan fingerprint density at radius 2 is 2.08 bits per heavy atom. The number of carbonyl (C=O) groups is 1. The second-order valence-electron chi connectivity index (χ2n) is 6.80. The molecule has 6 nitrogen and oxygen atoms in total. The highest BCUT2D eigenvalue weighted by Crippen LogP contribution is 2.38. The molecule has 1 aliphatic heterocycles. The Morgan fingerprint density at radius 3 is 2.85 bits per heavy atom. The van der Waals surface area contributed by atoms with Gasteiger partial charge in [-0.25, -0.2) is 14.4 Å². The highest BCUT2D eigenvalue weighted by atomic mass is 19.1. The maximum absolute atomic E-state index is 13.7. The van der Waals surface area contributed by atoms with Crippen molar-refractivity contribution in [3.63, 3.8) is 0 Å². The van der Waals surface area contributed by atoms with Gasteiger partial charge in [0.1, 0.15) is 23.9 Å². The number of halogens is 1. The summed E-state index contributed by atoms with van der Waals surface area (Å²) in [5.74, 6) is -0.853. The van der Waals surface area contributed by atoms with Crippen molar-refractivity contribution >= 4 is 23.6 Å². The van der Waals surface area contributed by atoms with Crippen LogP contribution in [0.2, 0.25) is 0 Å². The Hall–Kier alpha value is -2.83. The first-order chi connectivity index (χ1) is 12.7. The Morgan fingerprint density at radius 1 is 1.27 bits per heavy atom. The van der Waals surface area contributed by atoms with Crippen molar-refractivity contribution in [3.05, 3.63) is 47.2 Å². The molecule has 3 N–H and O–H groups in total. The minimum atomic E-state index is -0.743. The number of nitrogens with one attached hydrogen (secondary N) is 3. The fourth-order valence-electron chi connectivity index (χ4n) is 3.84. The molecule has 2 aromatic rings. The van der Waals surface area contributed by atoms with Gasteiger partial charge in [-0.15, -0.1) is 0 Å². The standard InChI is InChI=1S/C19H20FN5O.H2/c20-11-6-7-15-13(8-11)16(19(26)25-15)17-14(9-21)18(23-10-22-17)24-12-4-2-1-3-5-12;/h6-10,12,16,21H,1-5H2,(H,25,26)(H,22,23,24);1H. The van der Waals surface area contributed by atoms with Crippen LogP contribution in [0.3, 0.4) is 0 Å². The summed E-state index contributed by atoms with van der Waals surface area (Å²) in [6, 6.07) is 4.53. The van der Waals surface area contributed by atoms with Crippen molar-refractivity contribution in [2.45, 2.75) is 44.1 Å². The molecule has 0 saturated heterocycles. The number of nitrogens with zero attached hydrogens (tertiary/aromatic N) is 2. The average Bonchev–Trinajstić information content (AvgIpc) is 2.97. The lowest BCUT2D eigenvalue weighted by Crippen LogP contribution is -2.25. The van der Waals surface area contributed by atoms with Gasteiger partial charge in [-0.3, -0.25) is 4.79 Å².